The van der Waals surface area contributed by atoms with Gasteiger partial charge in [-0.2, -0.15) is 0 Å². The van der Waals surface area contributed by atoms with Gasteiger partial charge in [-0.1, -0.05) is 0 Å². The minimum Gasteiger partial charge on any atom is -0.497 e. The number of rotatable bonds is 3. The Morgan fingerprint density at radius 1 is 1.43 bits per heavy atom. The zero-order valence-electron chi connectivity index (χ0n) is 13.7. The summed E-state index contributed by atoms with van der Waals surface area (Å²) in [6.07, 6.45) is 5.05. The van der Waals surface area contributed by atoms with Crippen molar-refractivity contribution in [1.29, 1.82) is 0 Å². The van der Waals surface area contributed by atoms with Crippen LogP contribution >= 0.6 is 0 Å². The Labute approximate surface area is 137 Å². The van der Waals surface area contributed by atoms with Crippen LogP contribution in [0, 0.1) is 0 Å². The van der Waals surface area contributed by atoms with Gasteiger partial charge in [-0.15, -0.1) is 0 Å². The first-order valence-electron chi connectivity index (χ1n) is 8.18. The molecule has 5 heteroatoms. The van der Waals surface area contributed by atoms with Gasteiger partial charge in [0, 0.05) is 24.2 Å². The van der Waals surface area contributed by atoms with Crippen LogP contribution in [0.1, 0.15) is 31.7 Å². The van der Waals surface area contributed by atoms with E-state index in [4.69, 9.17) is 15.2 Å². The molecule has 0 saturated carbocycles. The summed E-state index contributed by atoms with van der Waals surface area (Å²) in [5.74, 6) is 1.58. The van der Waals surface area contributed by atoms with Gasteiger partial charge in [0.25, 0.3) is 5.91 Å². The topological polar surface area (TPSA) is 64.8 Å². The largest absolute Gasteiger partial charge is 0.497 e. The van der Waals surface area contributed by atoms with E-state index in [9.17, 15) is 4.79 Å². The third-order valence-corrected chi connectivity index (χ3v) is 4.62. The Morgan fingerprint density at radius 2 is 2.26 bits per heavy atom. The maximum atomic E-state index is 12.9. The molecule has 23 heavy (non-hydrogen) atoms. The van der Waals surface area contributed by atoms with Crippen molar-refractivity contribution in [3.63, 3.8) is 0 Å². The molecule has 2 heterocycles. The molecule has 0 aliphatic carbocycles. The molecular formula is C18H24N2O3. The fourth-order valence-electron chi connectivity index (χ4n) is 3.35. The van der Waals surface area contributed by atoms with Crippen molar-refractivity contribution in [3.05, 3.63) is 29.3 Å². The van der Waals surface area contributed by atoms with Crippen molar-refractivity contribution in [2.75, 3.05) is 20.3 Å². The number of hydrogen-bond donors (Lipinski definition) is 1. The summed E-state index contributed by atoms with van der Waals surface area (Å²) in [5, 5.41) is 0. The normalized spacial score (nSPS) is 21.8. The zero-order chi connectivity index (χ0) is 16.4. The molecule has 1 fully saturated rings. The quantitative estimate of drug-likeness (QED) is 0.928. The van der Waals surface area contributed by atoms with E-state index in [1.54, 1.807) is 7.11 Å². The summed E-state index contributed by atoms with van der Waals surface area (Å²) in [4.78, 5) is 14.8. The maximum Gasteiger partial charge on any atom is 0.253 e. The number of methoxy groups -OCH3 is 1. The molecule has 1 amide bonds. The van der Waals surface area contributed by atoms with Crippen LogP contribution in [-0.2, 0) is 4.79 Å². The lowest BCUT2D eigenvalue weighted by molar-refractivity contribution is -0.131. The van der Waals surface area contributed by atoms with Crippen molar-refractivity contribution < 1.29 is 14.3 Å². The fourth-order valence-corrected chi connectivity index (χ4v) is 3.35. The highest BCUT2D eigenvalue weighted by Gasteiger charge is 2.31. The van der Waals surface area contributed by atoms with Crippen molar-refractivity contribution in [3.8, 4) is 11.5 Å². The number of ether oxygens (including phenoxy) is 2. The molecule has 0 unspecified atom stereocenters. The number of piperidine rings is 1. The summed E-state index contributed by atoms with van der Waals surface area (Å²) in [6, 6.07) is 5.72. The van der Waals surface area contributed by atoms with E-state index in [2.05, 4.69) is 0 Å². The summed E-state index contributed by atoms with van der Waals surface area (Å²) in [7, 11) is 1.63. The lowest BCUT2D eigenvalue weighted by Gasteiger charge is -2.38. The lowest BCUT2D eigenvalue weighted by atomic mass is 9.95. The standard InChI is InChI=1S/C18H24N2O3/c1-12(19)16-5-3-4-8-20(16)18(21)14-9-13-10-15(22-2)6-7-17(13)23-11-14/h6-7,9-10,12,16H,3-5,8,11,19H2,1-2H3/t12-,16+/m0/s1. The van der Waals surface area contributed by atoms with Crippen molar-refractivity contribution in [2.24, 2.45) is 5.73 Å². The van der Waals surface area contributed by atoms with E-state index in [1.165, 1.54) is 0 Å². The van der Waals surface area contributed by atoms with E-state index >= 15 is 0 Å². The van der Waals surface area contributed by atoms with Crippen LogP contribution < -0.4 is 15.2 Å². The first kappa shape index (κ1) is 15.9. The maximum absolute atomic E-state index is 12.9. The molecule has 1 aromatic rings. The first-order valence-corrected chi connectivity index (χ1v) is 8.18. The molecule has 2 atom stereocenters. The van der Waals surface area contributed by atoms with Gasteiger partial charge in [-0.3, -0.25) is 4.79 Å². The van der Waals surface area contributed by atoms with Crippen LogP contribution in [0.15, 0.2) is 23.8 Å². The Kier molecular flexibility index (Phi) is 4.57. The second kappa shape index (κ2) is 6.62. The summed E-state index contributed by atoms with van der Waals surface area (Å²) < 4.78 is 11.0. The molecule has 2 aliphatic rings. The van der Waals surface area contributed by atoms with Crippen LogP contribution in [-0.4, -0.2) is 43.2 Å². The number of carbonyl (C=O) groups is 1. The van der Waals surface area contributed by atoms with Crippen LogP contribution in [0.3, 0.4) is 0 Å². The number of hydrogen-bond acceptors (Lipinski definition) is 4. The minimum absolute atomic E-state index is 0.0169. The number of amides is 1. The average molecular weight is 316 g/mol. The summed E-state index contributed by atoms with van der Waals surface area (Å²) in [6.45, 7) is 3.05. The Hall–Kier alpha value is -2.01. The van der Waals surface area contributed by atoms with Crippen LogP contribution in [0.4, 0.5) is 0 Å². The molecule has 124 valence electrons. The molecule has 5 nitrogen and oxygen atoms in total. The van der Waals surface area contributed by atoms with Gasteiger partial charge in [0.1, 0.15) is 18.1 Å². The Balaban J connectivity index is 1.85. The third kappa shape index (κ3) is 3.20. The van der Waals surface area contributed by atoms with Crippen LogP contribution in [0.25, 0.3) is 6.08 Å². The second-order valence-corrected chi connectivity index (χ2v) is 6.28. The predicted octanol–water partition coefficient (Wildman–Crippen LogP) is 2.20. The van der Waals surface area contributed by atoms with Gasteiger partial charge in [0.05, 0.1) is 12.7 Å². The number of nitrogens with two attached hydrogens (primary N) is 1. The SMILES string of the molecule is COc1ccc2c(c1)C=C(C(=O)N1CCCC[C@@H]1[C@H](C)N)CO2. The molecule has 2 aliphatic heterocycles. The minimum atomic E-state index is -0.0169. The number of nitrogens with zero attached hydrogens (tertiary/aromatic N) is 1. The highest BCUT2D eigenvalue weighted by molar-refractivity contribution is 5.99. The first-order chi connectivity index (χ1) is 11.1. The zero-order valence-corrected chi connectivity index (χ0v) is 13.7. The monoisotopic (exact) mass is 316 g/mol. The van der Waals surface area contributed by atoms with E-state index in [0.717, 1.165) is 42.9 Å². The molecule has 0 spiro atoms. The third-order valence-electron chi connectivity index (χ3n) is 4.62. The van der Waals surface area contributed by atoms with E-state index in [-0.39, 0.29) is 18.0 Å². The smallest absolute Gasteiger partial charge is 0.253 e. The van der Waals surface area contributed by atoms with Gasteiger partial charge >= 0.3 is 0 Å². The molecular weight excluding hydrogens is 292 g/mol. The van der Waals surface area contributed by atoms with E-state index < -0.39 is 0 Å². The number of carbonyl (C=O) groups excluding carboxylic acids is 1. The van der Waals surface area contributed by atoms with Crippen molar-refractivity contribution in [2.45, 2.75) is 38.3 Å². The number of benzene rings is 1. The van der Waals surface area contributed by atoms with Crippen LogP contribution in [0.5, 0.6) is 11.5 Å². The molecule has 2 N–H and O–H groups in total. The molecule has 0 aromatic heterocycles. The van der Waals surface area contributed by atoms with Crippen molar-refractivity contribution >= 4 is 12.0 Å². The molecule has 1 saturated heterocycles. The highest BCUT2D eigenvalue weighted by atomic mass is 16.5. The summed E-state index contributed by atoms with van der Waals surface area (Å²) in [5.41, 5.74) is 7.64. The fraction of sp³-hybridized carbons (Fsp3) is 0.500. The van der Waals surface area contributed by atoms with Gasteiger partial charge in [-0.25, -0.2) is 0 Å². The van der Waals surface area contributed by atoms with Gasteiger partial charge < -0.3 is 20.1 Å². The lowest BCUT2D eigenvalue weighted by Crippen LogP contribution is -2.52. The molecule has 0 bridgehead atoms. The highest BCUT2D eigenvalue weighted by Crippen LogP contribution is 2.31. The van der Waals surface area contributed by atoms with Crippen molar-refractivity contribution in [1.82, 2.24) is 4.90 Å². The van der Waals surface area contributed by atoms with Crippen LogP contribution in [0.2, 0.25) is 0 Å². The summed E-state index contributed by atoms with van der Waals surface area (Å²) >= 11 is 0. The van der Waals surface area contributed by atoms with Gasteiger partial charge in [0.2, 0.25) is 0 Å². The Bertz CT molecular complexity index is 625. The van der Waals surface area contributed by atoms with E-state index in [0.29, 0.717) is 12.2 Å². The predicted molar refractivity (Wildman–Crippen MR) is 89.5 cm³/mol. The number of likely N-dealkylation sites (tertiary alicyclic amines) is 1. The molecule has 1 aromatic carbocycles. The average Bonchev–Trinajstić information content (AvgIpc) is 2.60. The molecule has 0 radical (unpaired) electrons. The second-order valence-electron chi connectivity index (χ2n) is 6.28. The van der Waals surface area contributed by atoms with Gasteiger partial charge in [-0.05, 0) is 50.5 Å². The van der Waals surface area contributed by atoms with E-state index in [1.807, 2.05) is 36.1 Å². The number of fused-ring (bicyclic) bond motifs is 1. The molecule has 3 rings (SSSR count). The Morgan fingerprint density at radius 3 is 3.00 bits per heavy atom. The van der Waals surface area contributed by atoms with Gasteiger partial charge in [0.15, 0.2) is 0 Å².